The van der Waals surface area contributed by atoms with E-state index in [1.807, 2.05) is 41.8 Å². The number of fused-ring (bicyclic) bond motifs is 8. The van der Waals surface area contributed by atoms with Gasteiger partial charge in [-0.15, -0.1) is 11.3 Å². The number of benzene rings is 8. The second-order valence-corrected chi connectivity index (χ2v) is 16.2. The SMILES string of the molecule is c1ccc(-c2cccc(-c3ccccc3)c2N2CN(c3cccc(Oc4ccc5c6ccccc6n(-c6ccccn6)c5c4)c3)c3ccc4sc5ccccc5c4c32)cc1. The van der Waals surface area contributed by atoms with E-state index in [0.717, 1.165) is 45.1 Å². The monoisotopic (exact) mass is 788 g/mol. The van der Waals surface area contributed by atoms with Crippen LogP contribution in [0.4, 0.5) is 22.7 Å². The number of pyridine rings is 1. The predicted molar refractivity (Wildman–Crippen MR) is 251 cm³/mol. The summed E-state index contributed by atoms with van der Waals surface area (Å²) in [6, 6.07) is 71.1. The third-order valence-electron chi connectivity index (χ3n) is 11.7. The number of thiophene rings is 1. The number of aromatic nitrogens is 2. The van der Waals surface area contributed by atoms with Gasteiger partial charge < -0.3 is 14.5 Å². The maximum Gasteiger partial charge on any atom is 0.137 e. The summed E-state index contributed by atoms with van der Waals surface area (Å²) in [5.41, 5.74) is 11.5. The second-order valence-electron chi connectivity index (χ2n) is 15.2. The Morgan fingerprint density at radius 1 is 0.467 bits per heavy atom. The van der Waals surface area contributed by atoms with Crippen molar-refractivity contribution in [3.8, 4) is 39.6 Å². The van der Waals surface area contributed by atoms with Crippen LogP contribution in [0.3, 0.4) is 0 Å². The molecule has 0 radical (unpaired) electrons. The van der Waals surface area contributed by atoms with Crippen molar-refractivity contribution < 1.29 is 4.74 Å². The number of hydrogen-bond donors (Lipinski definition) is 0. The molecule has 0 fully saturated rings. The highest BCUT2D eigenvalue weighted by Crippen LogP contribution is 2.55. The molecule has 1 aliphatic heterocycles. The smallest absolute Gasteiger partial charge is 0.137 e. The summed E-state index contributed by atoms with van der Waals surface area (Å²) in [4.78, 5) is 9.72. The van der Waals surface area contributed by atoms with Crippen LogP contribution in [0.1, 0.15) is 0 Å². The van der Waals surface area contributed by atoms with Gasteiger partial charge in [-0.05, 0) is 71.8 Å². The number of rotatable bonds is 7. The van der Waals surface area contributed by atoms with Gasteiger partial charge in [-0.3, -0.25) is 4.57 Å². The van der Waals surface area contributed by atoms with Crippen molar-refractivity contribution in [1.82, 2.24) is 9.55 Å². The molecular formula is C54H36N4OS. The fourth-order valence-corrected chi connectivity index (χ4v) is 10.2. The Morgan fingerprint density at radius 3 is 1.93 bits per heavy atom. The first kappa shape index (κ1) is 34.4. The number of nitrogens with zero attached hydrogens (tertiary/aromatic N) is 4. The third-order valence-corrected chi connectivity index (χ3v) is 12.8. The molecule has 0 saturated carbocycles. The van der Waals surface area contributed by atoms with Gasteiger partial charge in [0.25, 0.3) is 0 Å². The highest BCUT2D eigenvalue weighted by atomic mass is 32.1. The summed E-state index contributed by atoms with van der Waals surface area (Å²) < 4.78 is 11.5. The van der Waals surface area contributed by atoms with Gasteiger partial charge in [-0.25, -0.2) is 4.98 Å². The van der Waals surface area contributed by atoms with Crippen LogP contribution in [-0.4, -0.2) is 16.2 Å². The molecule has 11 aromatic rings. The minimum atomic E-state index is 0.613. The van der Waals surface area contributed by atoms with Crippen molar-refractivity contribution in [3.63, 3.8) is 0 Å². The summed E-state index contributed by atoms with van der Waals surface area (Å²) in [5.74, 6) is 2.40. The normalized spacial score (nSPS) is 12.5. The van der Waals surface area contributed by atoms with Crippen LogP contribution < -0.4 is 14.5 Å². The molecule has 0 unspecified atom stereocenters. The number of ether oxygens (including phenoxy) is 1. The lowest BCUT2D eigenvalue weighted by molar-refractivity contribution is 0.483. The zero-order valence-corrected chi connectivity index (χ0v) is 33.3. The van der Waals surface area contributed by atoms with Gasteiger partial charge in [0.1, 0.15) is 24.0 Å². The van der Waals surface area contributed by atoms with Crippen LogP contribution >= 0.6 is 11.3 Å². The van der Waals surface area contributed by atoms with E-state index in [9.17, 15) is 0 Å². The minimum absolute atomic E-state index is 0.613. The van der Waals surface area contributed by atoms with Crippen LogP contribution in [-0.2, 0) is 0 Å². The summed E-state index contributed by atoms with van der Waals surface area (Å²) >= 11 is 1.86. The minimum Gasteiger partial charge on any atom is -0.457 e. The average Bonchev–Trinajstić information content (AvgIpc) is 3.99. The van der Waals surface area contributed by atoms with E-state index in [0.29, 0.717) is 6.67 Å². The van der Waals surface area contributed by atoms with E-state index in [1.54, 1.807) is 0 Å². The Kier molecular flexibility index (Phi) is 8.03. The van der Waals surface area contributed by atoms with Crippen LogP contribution in [0.15, 0.2) is 206 Å². The summed E-state index contributed by atoms with van der Waals surface area (Å²) in [6.07, 6.45) is 1.84. The zero-order valence-electron chi connectivity index (χ0n) is 32.4. The van der Waals surface area contributed by atoms with E-state index in [2.05, 4.69) is 190 Å². The van der Waals surface area contributed by atoms with Crippen molar-refractivity contribution in [2.45, 2.75) is 0 Å². The van der Waals surface area contributed by atoms with Crippen LogP contribution in [0, 0.1) is 0 Å². The fourth-order valence-electron chi connectivity index (χ4n) is 9.10. The molecule has 6 heteroatoms. The summed E-state index contributed by atoms with van der Waals surface area (Å²) in [5, 5.41) is 4.89. The second kappa shape index (κ2) is 14.0. The van der Waals surface area contributed by atoms with Gasteiger partial charge in [-0.2, -0.15) is 0 Å². The van der Waals surface area contributed by atoms with Crippen molar-refractivity contribution in [2.75, 3.05) is 16.5 Å². The molecule has 1 aliphatic rings. The molecule has 0 atom stereocenters. The Labute approximate surface area is 351 Å². The van der Waals surface area contributed by atoms with Gasteiger partial charge in [0, 0.05) is 66.1 Å². The molecule has 60 heavy (non-hydrogen) atoms. The maximum atomic E-state index is 6.77. The van der Waals surface area contributed by atoms with Crippen molar-refractivity contribution in [1.29, 1.82) is 0 Å². The lowest BCUT2D eigenvalue weighted by atomic mass is 9.94. The zero-order chi connectivity index (χ0) is 39.6. The number of hydrogen-bond acceptors (Lipinski definition) is 5. The molecule has 8 aromatic carbocycles. The van der Waals surface area contributed by atoms with Gasteiger partial charge in [0.15, 0.2) is 0 Å². The molecule has 3 aromatic heterocycles. The summed E-state index contributed by atoms with van der Waals surface area (Å²) in [7, 11) is 0. The van der Waals surface area contributed by atoms with Crippen molar-refractivity contribution >= 4 is 76.1 Å². The predicted octanol–water partition coefficient (Wildman–Crippen LogP) is 14.9. The van der Waals surface area contributed by atoms with Crippen LogP contribution in [0.25, 0.3) is 70.0 Å². The first-order chi connectivity index (χ1) is 29.8. The number of para-hydroxylation sites is 2. The molecule has 12 rings (SSSR count). The first-order valence-electron chi connectivity index (χ1n) is 20.2. The molecule has 0 bridgehead atoms. The molecular weight excluding hydrogens is 753 g/mol. The Bertz CT molecular complexity index is 3340. The van der Waals surface area contributed by atoms with E-state index in [1.165, 1.54) is 59.2 Å². The van der Waals surface area contributed by atoms with E-state index in [-0.39, 0.29) is 0 Å². The van der Waals surface area contributed by atoms with E-state index >= 15 is 0 Å². The Morgan fingerprint density at radius 2 is 1.15 bits per heavy atom. The average molecular weight is 789 g/mol. The first-order valence-corrected chi connectivity index (χ1v) is 21.0. The van der Waals surface area contributed by atoms with Gasteiger partial charge in [0.05, 0.1) is 28.1 Å². The molecule has 4 heterocycles. The van der Waals surface area contributed by atoms with Gasteiger partial charge in [0.2, 0.25) is 0 Å². The molecule has 0 N–H and O–H groups in total. The van der Waals surface area contributed by atoms with Crippen molar-refractivity contribution in [3.05, 3.63) is 206 Å². The molecule has 0 saturated heterocycles. The Hall–Kier alpha value is -7.67. The molecule has 284 valence electrons. The largest absolute Gasteiger partial charge is 0.457 e. The maximum absolute atomic E-state index is 6.77. The third kappa shape index (κ3) is 5.57. The lowest BCUT2D eigenvalue weighted by Crippen LogP contribution is -2.25. The highest BCUT2D eigenvalue weighted by Gasteiger charge is 2.34. The standard InChI is InChI=1S/C54H36N4OS/c1-3-15-36(16-4-1)41-23-14-24-42(37-17-5-2-6-18-37)53(41)57-35-56(47-30-31-50-52(54(47)57)45-22-8-10-26-49(45)60-50)38-19-13-20-39(33-38)59-40-28-29-44-43-21-7-9-25-46(43)58(48(44)34-40)51-27-11-12-32-55-51/h1-34H,35H2. The topological polar surface area (TPSA) is 33.5 Å². The van der Waals surface area contributed by atoms with E-state index in [4.69, 9.17) is 9.72 Å². The van der Waals surface area contributed by atoms with Gasteiger partial charge >= 0.3 is 0 Å². The fraction of sp³-hybridized carbons (Fsp3) is 0.0185. The molecule has 0 amide bonds. The molecule has 0 spiro atoms. The molecule has 0 aliphatic carbocycles. The number of anilines is 4. The highest BCUT2D eigenvalue weighted by molar-refractivity contribution is 7.26. The van der Waals surface area contributed by atoms with Crippen molar-refractivity contribution in [2.24, 2.45) is 0 Å². The Balaban J connectivity index is 1.01. The quantitative estimate of drug-likeness (QED) is 0.161. The van der Waals surface area contributed by atoms with E-state index < -0.39 is 0 Å². The lowest BCUT2D eigenvalue weighted by Gasteiger charge is -2.27. The van der Waals surface area contributed by atoms with Crippen LogP contribution in [0.5, 0.6) is 11.5 Å². The summed E-state index contributed by atoms with van der Waals surface area (Å²) in [6.45, 7) is 0.613. The van der Waals surface area contributed by atoms with Gasteiger partial charge in [-0.1, -0.05) is 127 Å². The van der Waals surface area contributed by atoms with Crippen LogP contribution in [0.2, 0.25) is 0 Å². The molecule has 5 nitrogen and oxygen atoms in total.